The highest BCUT2D eigenvalue weighted by atomic mass is 35.5. The Morgan fingerprint density at radius 2 is 2.04 bits per heavy atom. The topological polar surface area (TPSA) is 129 Å². The maximum atomic E-state index is 11.9. The van der Waals surface area contributed by atoms with Gasteiger partial charge >= 0.3 is 5.97 Å². The minimum atomic E-state index is -4.08. The highest BCUT2D eigenvalue weighted by Crippen LogP contribution is 2.21. The summed E-state index contributed by atoms with van der Waals surface area (Å²) in [5.41, 5.74) is -0.0951. The Kier molecular flexibility index (Phi) is 5.60. The molecule has 1 heterocycles. The molecule has 3 N–H and O–H groups in total. The first-order valence-electron chi connectivity index (χ1n) is 6.56. The Balaban J connectivity index is 1.94. The number of primary sulfonamides is 1. The summed E-state index contributed by atoms with van der Waals surface area (Å²) in [6.45, 7) is -0.382. The van der Waals surface area contributed by atoms with Crippen molar-refractivity contribution in [2.24, 2.45) is 5.14 Å². The first-order chi connectivity index (χ1) is 11.3. The number of rotatable bonds is 6. The average Bonchev–Trinajstić information content (AvgIpc) is 3.03. The van der Waals surface area contributed by atoms with Gasteiger partial charge in [0.2, 0.25) is 10.0 Å². The molecule has 2 aromatic rings. The Hall–Kier alpha value is -2.36. The summed E-state index contributed by atoms with van der Waals surface area (Å²) in [5.74, 6) is -0.879. The number of sulfonamides is 1. The van der Waals surface area contributed by atoms with Gasteiger partial charge in [-0.05, 0) is 30.3 Å². The molecule has 0 saturated heterocycles. The Labute approximate surface area is 142 Å². The summed E-state index contributed by atoms with van der Waals surface area (Å²) in [6.07, 6.45) is 1.46. The summed E-state index contributed by atoms with van der Waals surface area (Å²) >= 11 is 5.72. The number of carbonyl (C=O) groups excluding carboxylic acids is 2. The van der Waals surface area contributed by atoms with E-state index >= 15 is 0 Å². The molecule has 0 bridgehead atoms. The van der Waals surface area contributed by atoms with Crippen LogP contribution in [0.15, 0.2) is 45.9 Å². The second-order valence-electron chi connectivity index (χ2n) is 4.62. The maximum absolute atomic E-state index is 11.9. The zero-order valence-corrected chi connectivity index (χ0v) is 13.8. The van der Waals surface area contributed by atoms with Gasteiger partial charge in [-0.1, -0.05) is 11.6 Å². The smallest absolute Gasteiger partial charge is 0.338 e. The van der Waals surface area contributed by atoms with Crippen LogP contribution in [0.4, 0.5) is 0 Å². The zero-order valence-electron chi connectivity index (χ0n) is 12.2. The number of nitrogens with one attached hydrogen (secondary N) is 1. The SMILES string of the molecule is NS(=O)(=O)c1cc(C(=O)OCC(=O)NCc2ccco2)ccc1Cl. The quantitative estimate of drug-likeness (QED) is 0.729. The van der Waals surface area contributed by atoms with Gasteiger partial charge in [-0.2, -0.15) is 0 Å². The van der Waals surface area contributed by atoms with Gasteiger partial charge in [-0.15, -0.1) is 0 Å². The van der Waals surface area contributed by atoms with Gasteiger partial charge in [0.25, 0.3) is 5.91 Å². The molecular weight excluding hydrogens is 360 g/mol. The molecular formula is C14H13ClN2O6S. The van der Waals surface area contributed by atoms with E-state index < -0.39 is 33.4 Å². The van der Waals surface area contributed by atoms with E-state index in [0.29, 0.717) is 5.76 Å². The van der Waals surface area contributed by atoms with Gasteiger partial charge in [0.15, 0.2) is 6.61 Å². The molecule has 0 unspecified atom stereocenters. The van der Waals surface area contributed by atoms with Crippen LogP contribution in [-0.2, 0) is 26.1 Å². The molecule has 1 aromatic carbocycles. The summed E-state index contributed by atoms with van der Waals surface area (Å²) in [6, 6.07) is 6.80. The number of halogens is 1. The number of hydrogen-bond donors (Lipinski definition) is 2. The lowest BCUT2D eigenvalue weighted by molar-refractivity contribution is -0.124. The Bertz CT molecular complexity index is 848. The van der Waals surface area contributed by atoms with Gasteiger partial charge in [0.1, 0.15) is 10.7 Å². The van der Waals surface area contributed by atoms with Crippen molar-refractivity contribution in [1.82, 2.24) is 5.32 Å². The van der Waals surface area contributed by atoms with Crippen LogP contribution in [-0.4, -0.2) is 26.9 Å². The molecule has 0 aliphatic carbocycles. The van der Waals surface area contributed by atoms with Gasteiger partial charge in [0, 0.05) is 0 Å². The van der Waals surface area contributed by atoms with Crippen molar-refractivity contribution >= 4 is 33.5 Å². The number of esters is 1. The number of hydrogen-bond acceptors (Lipinski definition) is 6. The third kappa shape index (κ3) is 4.82. The van der Waals surface area contributed by atoms with Crippen molar-refractivity contribution in [3.63, 3.8) is 0 Å². The largest absolute Gasteiger partial charge is 0.467 e. The van der Waals surface area contributed by atoms with E-state index in [9.17, 15) is 18.0 Å². The van der Waals surface area contributed by atoms with E-state index in [2.05, 4.69) is 5.32 Å². The molecule has 0 saturated carbocycles. The van der Waals surface area contributed by atoms with E-state index in [-0.39, 0.29) is 17.1 Å². The van der Waals surface area contributed by atoms with Gasteiger partial charge in [-0.3, -0.25) is 4.79 Å². The predicted molar refractivity (Wildman–Crippen MR) is 83.7 cm³/mol. The molecule has 0 aliphatic rings. The molecule has 8 nitrogen and oxygen atoms in total. The van der Waals surface area contributed by atoms with Crippen molar-refractivity contribution in [3.8, 4) is 0 Å². The van der Waals surface area contributed by atoms with Crippen LogP contribution in [0, 0.1) is 0 Å². The fourth-order valence-electron chi connectivity index (χ4n) is 1.71. The average molecular weight is 373 g/mol. The third-order valence-electron chi connectivity index (χ3n) is 2.85. The molecule has 1 amide bonds. The number of amides is 1. The van der Waals surface area contributed by atoms with Crippen LogP contribution in [0.25, 0.3) is 0 Å². The molecule has 10 heteroatoms. The fourth-order valence-corrected chi connectivity index (χ4v) is 2.78. The Morgan fingerprint density at radius 1 is 1.29 bits per heavy atom. The van der Waals surface area contributed by atoms with Crippen molar-refractivity contribution < 1.29 is 27.2 Å². The lowest BCUT2D eigenvalue weighted by atomic mass is 10.2. The first-order valence-corrected chi connectivity index (χ1v) is 8.48. The lowest BCUT2D eigenvalue weighted by Gasteiger charge is -2.07. The van der Waals surface area contributed by atoms with E-state index in [1.54, 1.807) is 12.1 Å². The molecule has 128 valence electrons. The zero-order chi connectivity index (χ0) is 17.7. The molecule has 0 spiro atoms. The number of carbonyl (C=O) groups is 2. The van der Waals surface area contributed by atoms with Crippen LogP contribution in [0.3, 0.4) is 0 Å². The van der Waals surface area contributed by atoms with E-state index in [1.165, 1.54) is 18.4 Å². The fraction of sp³-hybridized carbons (Fsp3) is 0.143. The van der Waals surface area contributed by atoms with Gasteiger partial charge in [-0.25, -0.2) is 18.4 Å². The molecule has 0 atom stereocenters. The monoisotopic (exact) mass is 372 g/mol. The highest BCUT2D eigenvalue weighted by Gasteiger charge is 2.17. The molecule has 1 aromatic heterocycles. The predicted octanol–water partition coefficient (Wildman–Crippen LogP) is 1.05. The Morgan fingerprint density at radius 3 is 2.67 bits per heavy atom. The van der Waals surface area contributed by atoms with Gasteiger partial charge in [0.05, 0.1) is 23.4 Å². The summed E-state index contributed by atoms with van der Waals surface area (Å²) in [5, 5.41) is 7.37. The van der Waals surface area contributed by atoms with Crippen LogP contribution in [0.2, 0.25) is 5.02 Å². The minimum absolute atomic E-state index is 0.0951. The second-order valence-corrected chi connectivity index (χ2v) is 6.56. The third-order valence-corrected chi connectivity index (χ3v) is 4.24. The minimum Gasteiger partial charge on any atom is -0.467 e. The van der Waals surface area contributed by atoms with Crippen LogP contribution in [0.1, 0.15) is 16.1 Å². The van der Waals surface area contributed by atoms with E-state index in [0.717, 1.165) is 6.07 Å². The van der Waals surface area contributed by atoms with Crippen molar-refractivity contribution in [1.29, 1.82) is 0 Å². The van der Waals surface area contributed by atoms with Gasteiger partial charge < -0.3 is 14.5 Å². The van der Waals surface area contributed by atoms with Crippen LogP contribution in [0.5, 0.6) is 0 Å². The summed E-state index contributed by atoms with van der Waals surface area (Å²) in [7, 11) is -4.08. The highest BCUT2D eigenvalue weighted by molar-refractivity contribution is 7.89. The van der Waals surface area contributed by atoms with Crippen LogP contribution >= 0.6 is 11.6 Å². The van der Waals surface area contributed by atoms with E-state index in [1.807, 2.05) is 0 Å². The van der Waals surface area contributed by atoms with Crippen molar-refractivity contribution in [2.45, 2.75) is 11.4 Å². The van der Waals surface area contributed by atoms with Crippen molar-refractivity contribution in [3.05, 3.63) is 52.9 Å². The molecule has 0 fully saturated rings. The number of nitrogens with two attached hydrogens (primary N) is 1. The summed E-state index contributed by atoms with van der Waals surface area (Å²) in [4.78, 5) is 23.1. The number of furan rings is 1. The lowest BCUT2D eigenvalue weighted by Crippen LogP contribution is -2.28. The first kappa shape index (κ1) is 18.0. The number of benzene rings is 1. The maximum Gasteiger partial charge on any atom is 0.338 e. The normalized spacial score (nSPS) is 11.1. The van der Waals surface area contributed by atoms with E-state index in [4.69, 9.17) is 25.9 Å². The molecule has 0 radical (unpaired) electrons. The molecule has 2 rings (SSSR count). The second kappa shape index (κ2) is 7.47. The standard InChI is InChI=1S/C14H13ClN2O6S/c15-11-4-3-9(6-12(11)24(16,20)21)14(19)23-8-13(18)17-7-10-2-1-5-22-10/h1-6H,7-8H2,(H,17,18)(H2,16,20,21). The molecule has 24 heavy (non-hydrogen) atoms. The molecule has 0 aliphatic heterocycles. The van der Waals surface area contributed by atoms with Crippen molar-refractivity contribution in [2.75, 3.05) is 6.61 Å². The number of ether oxygens (including phenoxy) is 1. The summed E-state index contributed by atoms with van der Waals surface area (Å²) < 4.78 is 32.6. The van der Waals surface area contributed by atoms with Crippen LogP contribution < -0.4 is 10.5 Å².